The van der Waals surface area contributed by atoms with Gasteiger partial charge < -0.3 is 5.32 Å². The molecule has 0 unspecified atom stereocenters. The summed E-state index contributed by atoms with van der Waals surface area (Å²) in [4.78, 5) is 12.1. The van der Waals surface area contributed by atoms with Gasteiger partial charge >= 0.3 is 0 Å². The van der Waals surface area contributed by atoms with Crippen molar-refractivity contribution in [1.82, 2.24) is 5.32 Å². The molecule has 2 rings (SSSR count). The maximum absolute atomic E-state index is 12.1. The van der Waals surface area contributed by atoms with Crippen molar-refractivity contribution in [2.24, 2.45) is 0 Å². The first-order valence-corrected chi connectivity index (χ1v) is 6.61. The molecule has 0 aliphatic carbocycles. The molecule has 0 bridgehead atoms. The van der Waals surface area contributed by atoms with Gasteiger partial charge in [0, 0.05) is 6.54 Å². The average Bonchev–Trinajstić information content (AvgIpc) is 2.36. The summed E-state index contributed by atoms with van der Waals surface area (Å²) in [5.74, 6) is -0.267. The molecule has 0 saturated heterocycles. The Labute approximate surface area is 122 Å². The molecule has 1 N–H and O–H groups in total. The fraction of sp³-hybridized carbons (Fsp3) is 0.133. The van der Waals surface area contributed by atoms with E-state index >= 15 is 0 Å². The highest BCUT2D eigenvalue weighted by Gasteiger charge is 2.13. The Morgan fingerprint density at radius 2 is 1.74 bits per heavy atom. The SMILES string of the molecule is Cc1cccc(CNC(=O)c2c(Cl)cccc2Cl)c1. The summed E-state index contributed by atoms with van der Waals surface area (Å²) in [6.45, 7) is 2.46. The van der Waals surface area contributed by atoms with E-state index in [0.29, 0.717) is 22.2 Å². The van der Waals surface area contributed by atoms with Crippen LogP contribution in [0.2, 0.25) is 10.0 Å². The van der Waals surface area contributed by atoms with Gasteiger partial charge in [0.2, 0.25) is 0 Å². The van der Waals surface area contributed by atoms with Gasteiger partial charge in [0.15, 0.2) is 0 Å². The Bertz CT molecular complexity index is 591. The smallest absolute Gasteiger partial charge is 0.254 e. The predicted octanol–water partition coefficient (Wildman–Crippen LogP) is 4.23. The monoisotopic (exact) mass is 293 g/mol. The predicted molar refractivity (Wildman–Crippen MR) is 78.8 cm³/mol. The normalized spacial score (nSPS) is 10.3. The fourth-order valence-electron chi connectivity index (χ4n) is 1.81. The van der Waals surface area contributed by atoms with Gasteiger partial charge in [-0.3, -0.25) is 4.79 Å². The Balaban J connectivity index is 2.10. The quantitative estimate of drug-likeness (QED) is 0.901. The number of amides is 1. The highest BCUT2D eigenvalue weighted by atomic mass is 35.5. The molecule has 0 heterocycles. The Morgan fingerprint density at radius 1 is 1.11 bits per heavy atom. The van der Waals surface area contributed by atoms with Gasteiger partial charge in [-0.1, -0.05) is 59.1 Å². The van der Waals surface area contributed by atoms with Gasteiger partial charge in [0.05, 0.1) is 15.6 Å². The molecule has 2 aromatic carbocycles. The highest BCUT2D eigenvalue weighted by Crippen LogP contribution is 2.24. The molecule has 2 nitrogen and oxygen atoms in total. The van der Waals surface area contributed by atoms with E-state index in [-0.39, 0.29) is 5.91 Å². The van der Waals surface area contributed by atoms with Gasteiger partial charge in [-0.05, 0) is 24.6 Å². The van der Waals surface area contributed by atoms with Crippen molar-refractivity contribution in [2.45, 2.75) is 13.5 Å². The van der Waals surface area contributed by atoms with Gasteiger partial charge in [-0.15, -0.1) is 0 Å². The summed E-state index contributed by atoms with van der Waals surface area (Å²) in [6.07, 6.45) is 0. The van der Waals surface area contributed by atoms with Crippen LogP contribution in [0.5, 0.6) is 0 Å². The zero-order chi connectivity index (χ0) is 13.8. The van der Waals surface area contributed by atoms with Gasteiger partial charge in [-0.25, -0.2) is 0 Å². The summed E-state index contributed by atoms with van der Waals surface area (Å²) >= 11 is 12.0. The summed E-state index contributed by atoms with van der Waals surface area (Å²) in [6, 6.07) is 13.0. The summed E-state index contributed by atoms with van der Waals surface area (Å²) in [5.41, 5.74) is 2.51. The molecule has 1 amide bonds. The van der Waals surface area contributed by atoms with Crippen molar-refractivity contribution >= 4 is 29.1 Å². The van der Waals surface area contributed by atoms with Crippen LogP contribution in [-0.4, -0.2) is 5.91 Å². The van der Waals surface area contributed by atoms with Crippen molar-refractivity contribution in [1.29, 1.82) is 0 Å². The number of hydrogen-bond donors (Lipinski definition) is 1. The second kappa shape index (κ2) is 6.09. The van der Waals surface area contributed by atoms with Crippen molar-refractivity contribution in [3.8, 4) is 0 Å². The number of aryl methyl sites for hydroxylation is 1. The Morgan fingerprint density at radius 3 is 2.37 bits per heavy atom. The number of carbonyl (C=O) groups is 1. The minimum absolute atomic E-state index is 0.267. The third kappa shape index (κ3) is 3.49. The lowest BCUT2D eigenvalue weighted by atomic mass is 10.1. The first kappa shape index (κ1) is 13.9. The van der Waals surface area contributed by atoms with E-state index in [9.17, 15) is 4.79 Å². The minimum Gasteiger partial charge on any atom is -0.348 e. The zero-order valence-electron chi connectivity index (χ0n) is 10.4. The lowest BCUT2D eigenvalue weighted by Gasteiger charge is -2.08. The third-order valence-electron chi connectivity index (χ3n) is 2.73. The molecule has 19 heavy (non-hydrogen) atoms. The van der Waals surface area contributed by atoms with Crippen LogP contribution in [0, 0.1) is 6.92 Å². The largest absolute Gasteiger partial charge is 0.348 e. The molecule has 98 valence electrons. The van der Waals surface area contributed by atoms with E-state index in [1.807, 2.05) is 31.2 Å². The number of benzene rings is 2. The highest BCUT2D eigenvalue weighted by molar-refractivity contribution is 6.39. The molecule has 0 fully saturated rings. The van der Waals surface area contributed by atoms with Crippen LogP contribution in [0.3, 0.4) is 0 Å². The molecule has 2 aromatic rings. The zero-order valence-corrected chi connectivity index (χ0v) is 11.9. The van der Waals surface area contributed by atoms with Gasteiger partial charge in [0.1, 0.15) is 0 Å². The van der Waals surface area contributed by atoms with Crippen LogP contribution >= 0.6 is 23.2 Å². The van der Waals surface area contributed by atoms with Crippen molar-refractivity contribution in [2.75, 3.05) is 0 Å². The fourth-order valence-corrected chi connectivity index (χ4v) is 2.38. The Hall–Kier alpha value is -1.51. The summed E-state index contributed by atoms with van der Waals surface area (Å²) in [5, 5.41) is 3.53. The summed E-state index contributed by atoms with van der Waals surface area (Å²) < 4.78 is 0. The van der Waals surface area contributed by atoms with Gasteiger partial charge in [-0.2, -0.15) is 0 Å². The van der Waals surface area contributed by atoms with Crippen molar-refractivity contribution in [3.63, 3.8) is 0 Å². The lowest BCUT2D eigenvalue weighted by Crippen LogP contribution is -2.23. The maximum Gasteiger partial charge on any atom is 0.254 e. The molecule has 0 aliphatic rings. The average molecular weight is 294 g/mol. The second-order valence-corrected chi connectivity index (χ2v) is 5.08. The second-order valence-electron chi connectivity index (χ2n) is 4.27. The molecule has 0 spiro atoms. The lowest BCUT2D eigenvalue weighted by molar-refractivity contribution is 0.0951. The van der Waals surface area contributed by atoms with Crippen LogP contribution in [0.15, 0.2) is 42.5 Å². The van der Waals surface area contributed by atoms with Gasteiger partial charge in [0.25, 0.3) is 5.91 Å². The van der Waals surface area contributed by atoms with E-state index < -0.39 is 0 Å². The molecule has 0 aromatic heterocycles. The number of carbonyl (C=O) groups excluding carboxylic acids is 1. The van der Waals surface area contributed by atoms with Crippen molar-refractivity contribution in [3.05, 3.63) is 69.2 Å². The molecule has 0 saturated carbocycles. The molecular weight excluding hydrogens is 281 g/mol. The molecular formula is C15H13Cl2NO. The molecule has 4 heteroatoms. The third-order valence-corrected chi connectivity index (χ3v) is 3.36. The first-order valence-electron chi connectivity index (χ1n) is 5.85. The van der Waals surface area contributed by atoms with Crippen LogP contribution < -0.4 is 5.32 Å². The van der Waals surface area contributed by atoms with E-state index in [2.05, 4.69) is 5.32 Å². The van der Waals surface area contributed by atoms with E-state index in [1.54, 1.807) is 18.2 Å². The number of nitrogens with one attached hydrogen (secondary N) is 1. The molecule has 0 radical (unpaired) electrons. The van der Waals surface area contributed by atoms with Crippen molar-refractivity contribution < 1.29 is 4.79 Å². The topological polar surface area (TPSA) is 29.1 Å². The van der Waals surface area contributed by atoms with E-state index in [4.69, 9.17) is 23.2 Å². The van der Waals surface area contributed by atoms with Crippen LogP contribution in [0.25, 0.3) is 0 Å². The maximum atomic E-state index is 12.1. The summed E-state index contributed by atoms with van der Waals surface area (Å²) in [7, 11) is 0. The standard InChI is InChI=1S/C15H13Cl2NO/c1-10-4-2-5-11(8-10)9-18-15(19)14-12(16)6-3-7-13(14)17/h2-8H,9H2,1H3,(H,18,19). The Kier molecular flexibility index (Phi) is 4.46. The number of halogens is 2. The van der Waals surface area contributed by atoms with E-state index in [0.717, 1.165) is 11.1 Å². The molecule has 0 atom stereocenters. The van der Waals surface area contributed by atoms with Crippen LogP contribution in [-0.2, 0) is 6.54 Å². The van der Waals surface area contributed by atoms with Crippen LogP contribution in [0.1, 0.15) is 21.5 Å². The molecule has 0 aliphatic heterocycles. The number of rotatable bonds is 3. The minimum atomic E-state index is -0.267. The first-order chi connectivity index (χ1) is 9.08. The van der Waals surface area contributed by atoms with Crippen LogP contribution in [0.4, 0.5) is 0 Å². The van der Waals surface area contributed by atoms with E-state index in [1.165, 1.54) is 0 Å². The number of hydrogen-bond acceptors (Lipinski definition) is 1.